The highest BCUT2D eigenvalue weighted by Crippen LogP contribution is 2.22. The Labute approximate surface area is 195 Å². The van der Waals surface area contributed by atoms with Crippen LogP contribution < -0.4 is 4.72 Å². The molecule has 2 fully saturated rings. The first kappa shape index (κ1) is 23.7. The zero-order valence-corrected chi connectivity index (χ0v) is 20.5. The summed E-state index contributed by atoms with van der Waals surface area (Å²) in [5.41, 5.74) is 2.40. The van der Waals surface area contributed by atoms with E-state index in [4.69, 9.17) is 0 Å². The molecule has 2 heterocycles. The minimum absolute atomic E-state index is 0.0524. The molecular formula is C23H29N3O5S2. The number of aryl methyl sites for hydroxylation is 2. The Hall–Kier alpha value is -2.43. The molecule has 1 N–H and O–H groups in total. The maximum absolute atomic E-state index is 12.9. The Kier molecular flexibility index (Phi) is 6.52. The van der Waals surface area contributed by atoms with E-state index in [0.717, 1.165) is 5.56 Å². The van der Waals surface area contributed by atoms with E-state index >= 15 is 0 Å². The van der Waals surface area contributed by atoms with Gasteiger partial charge in [0.1, 0.15) is 0 Å². The van der Waals surface area contributed by atoms with E-state index < -0.39 is 19.9 Å². The Morgan fingerprint density at radius 2 is 1.67 bits per heavy atom. The van der Waals surface area contributed by atoms with E-state index in [1.165, 1.54) is 0 Å². The summed E-state index contributed by atoms with van der Waals surface area (Å²) in [4.78, 5) is 17.1. The molecule has 4 rings (SSSR count). The van der Waals surface area contributed by atoms with Crippen molar-refractivity contribution in [3.05, 3.63) is 59.2 Å². The van der Waals surface area contributed by atoms with Gasteiger partial charge in [0.25, 0.3) is 15.9 Å². The molecule has 0 radical (unpaired) electrons. The zero-order valence-electron chi connectivity index (χ0n) is 18.8. The fourth-order valence-electron chi connectivity index (χ4n) is 4.42. The lowest BCUT2D eigenvalue weighted by atomic mass is 10.1. The summed E-state index contributed by atoms with van der Waals surface area (Å²) in [6.07, 6.45) is 0.662. The summed E-state index contributed by atoms with van der Waals surface area (Å²) in [5, 5.41) is 0. The van der Waals surface area contributed by atoms with Crippen LogP contribution in [0, 0.1) is 13.8 Å². The molecule has 10 heteroatoms. The van der Waals surface area contributed by atoms with E-state index in [2.05, 4.69) is 9.62 Å². The molecule has 178 valence electrons. The number of piperazine rings is 1. The van der Waals surface area contributed by atoms with Gasteiger partial charge in [-0.25, -0.2) is 16.8 Å². The van der Waals surface area contributed by atoms with Crippen molar-refractivity contribution >= 4 is 31.5 Å². The van der Waals surface area contributed by atoms with Gasteiger partial charge < -0.3 is 4.90 Å². The normalized spacial score (nSPS) is 21.2. The first-order chi connectivity index (χ1) is 15.5. The van der Waals surface area contributed by atoms with Crippen molar-refractivity contribution in [3.63, 3.8) is 0 Å². The molecule has 2 aromatic carbocycles. The van der Waals surface area contributed by atoms with E-state index in [1.54, 1.807) is 48.2 Å². The second-order valence-corrected chi connectivity index (χ2v) is 12.7. The van der Waals surface area contributed by atoms with Gasteiger partial charge in [-0.3, -0.25) is 14.4 Å². The quantitative estimate of drug-likeness (QED) is 0.687. The standard InChI is InChI=1S/C23H29N3O5S2/c1-17-3-4-18(2)22(15-17)33(30,31)24-20-7-5-19(6-8-20)23(27)26-12-10-25(11-13-26)21-9-14-32(28,29)16-21/h3-8,15,21,24H,9-14,16H2,1-2H3. The average molecular weight is 492 g/mol. The molecule has 8 nitrogen and oxygen atoms in total. The van der Waals surface area contributed by atoms with E-state index in [9.17, 15) is 21.6 Å². The second-order valence-electron chi connectivity index (χ2n) is 8.84. The number of hydrogen-bond acceptors (Lipinski definition) is 6. The van der Waals surface area contributed by atoms with Gasteiger partial charge in [0.2, 0.25) is 0 Å². The van der Waals surface area contributed by atoms with Gasteiger partial charge in [0, 0.05) is 43.5 Å². The van der Waals surface area contributed by atoms with Crippen molar-refractivity contribution < 1.29 is 21.6 Å². The highest BCUT2D eigenvalue weighted by Gasteiger charge is 2.34. The fraction of sp³-hybridized carbons (Fsp3) is 0.435. The molecule has 2 saturated heterocycles. The van der Waals surface area contributed by atoms with Crippen LogP contribution in [0.4, 0.5) is 5.69 Å². The van der Waals surface area contributed by atoms with Gasteiger partial charge in [-0.15, -0.1) is 0 Å². The van der Waals surface area contributed by atoms with Crippen LogP contribution in [0.15, 0.2) is 47.4 Å². The number of sulfone groups is 1. The molecular weight excluding hydrogens is 462 g/mol. The minimum atomic E-state index is -3.74. The molecule has 1 atom stereocenters. The monoisotopic (exact) mass is 491 g/mol. The summed E-state index contributed by atoms with van der Waals surface area (Å²) in [5.74, 6) is 0.342. The average Bonchev–Trinajstić information content (AvgIpc) is 3.15. The van der Waals surface area contributed by atoms with Crippen LogP contribution in [-0.4, -0.2) is 76.3 Å². The highest BCUT2D eigenvalue weighted by atomic mass is 32.2. The fourth-order valence-corrected chi connectivity index (χ4v) is 7.57. The number of benzene rings is 2. The Bertz CT molecular complexity index is 1250. The van der Waals surface area contributed by atoms with Crippen molar-refractivity contribution in [2.45, 2.75) is 31.2 Å². The maximum atomic E-state index is 12.9. The molecule has 0 saturated carbocycles. The number of sulfonamides is 1. The lowest BCUT2D eigenvalue weighted by Gasteiger charge is -2.37. The predicted molar refractivity (Wildman–Crippen MR) is 128 cm³/mol. The number of carbonyl (C=O) groups excluding carboxylic acids is 1. The molecule has 2 aromatic rings. The van der Waals surface area contributed by atoms with Crippen LogP contribution in [0.1, 0.15) is 27.9 Å². The zero-order chi connectivity index (χ0) is 23.8. The van der Waals surface area contributed by atoms with Crippen molar-refractivity contribution in [1.82, 2.24) is 9.80 Å². The maximum Gasteiger partial charge on any atom is 0.262 e. The number of hydrogen-bond donors (Lipinski definition) is 1. The van der Waals surface area contributed by atoms with Gasteiger partial charge in [-0.1, -0.05) is 12.1 Å². The Balaban J connectivity index is 1.37. The molecule has 0 spiro atoms. The highest BCUT2D eigenvalue weighted by molar-refractivity contribution is 7.92. The van der Waals surface area contributed by atoms with Crippen molar-refractivity contribution in [2.24, 2.45) is 0 Å². The summed E-state index contributed by atoms with van der Waals surface area (Å²) in [6, 6.07) is 11.8. The minimum Gasteiger partial charge on any atom is -0.336 e. The number of nitrogens with zero attached hydrogens (tertiary/aromatic N) is 2. The first-order valence-corrected chi connectivity index (χ1v) is 14.3. The first-order valence-electron chi connectivity index (χ1n) is 11.0. The van der Waals surface area contributed by atoms with Crippen LogP contribution in [-0.2, 0) is 19.9 Å². The number of anilines is 1. The van der Waals surface area contributed by atoms with Crippen molar-refractivity contribution in [2.75, 3.05) is 42.4 Å². The Morgan fingerprint density at radius 1 is 1.00 bits per heavy atom. The number of carbonyl (C=O) groups is 1. The lowest BCUT2D eigenvalue weighted by molar-refractivity contribution is 0.0588. The van der Waals surface area contributed by atoms with Crippen LogP contribution in [0.25, 0.3) is 0 Å². The van der Waals surface area contributed by atoms with Crippen molar-refractivity contribution in [3.8, 4) is 0 Å². The summed E-state index contributed by atoms with van der Waals surface area (Å²) < 4.78 is 51.6. The van der Waals surface area contributed by atoms with E-state index in [0.29, 0.717) is 49.4 Å². The number of rotatable bonds is 5. The largest absolute Gasteiger partial charge is 0.336 e. The van der Waals surface area contributed by atoms with Gasteiger partial charge in [-0.2, -0.15) is 0 Å². The number of nitrogens with one attached hydrogen (secondary N) is 1. The molecule has 1 amide bonds. The third kappa shape index (κ3) is 5.39. The molecule has 1 unspecified atom stereocenters. The Morgan fingerprint density at radius 3 is 2.27 bits per heavy atom. The summed E-state index contributed by atoms with van der Waals surface area (Å²) in [7, 11) is -6.66. The molecule has 0 aromatic heterocycles. The van der Waals surface area contributed by atoms with Gasteiger partial charge in [0.05, 0.1) is 16.4 Å². The van der Waals surface area contributed by atoms with Gasteiger partial charge in [0.15, 0.2) is 9.84 Å². The predicted octanol–water partition coefficient (Wildman–Crippen LogP) is 2.05. The SMILES string of the molecule is Cc1ccc(C)c(S(=O)(=O)Nc2ccc(C(=O)N3CCN(C4CCS(=O)(=O)C4)CC3)cc2)c1. The lowest BCUT2D eigenvalue weighted by Crippen LogP contribution is -2.52. The topological polar surface area (TPSA) is 104 Å². The van der Waals surface area contributed by atoms with Crippen molar-refractivity contribution in [1.29, 1.82) is 0 Å². The second kappa shape index (κ2) is 9.08. The van der Waals surface area contributed by atoms with Crippen LogP contribution in [0.3, 0.4) is 0 Å². The summed E-state index contributed by atoms with van der Waals surface area (Å²) >= 11 is 0. The van der Waals surface area contributed by atoms with Gasteiger partial charge >= 0.3 is 0 Å². The summed E-state index contributed by atoms with van der Waals surface area (Å²) in [6.45, 7) is 5.97. The molecule has 0 aliphatic carbocycles. The molecule has 33 heavy (non-hydrogen) atoms. The van der Waals surface area contributed by atoms with Crippen LogP contribution in [0.5, 0.6) is 0 Å². The van der Waals surface area contributed by atoms with Gasteiger partial charge in [-0.05, 0) is 61.7 Å². The number of amides is 1. The van der Waals surface area contributed by atoms with E-state index in [-0.39, 0.29) is 28.4 Å². The van der Waals surface area contributed by atoms with E-state index in [1.807, 2.05) is 13.0 Å². The smallest absolute Gasteiger partial charge is 0.262 e. The molecule has 0 bridgehead atoms. The van der Waals surface area contributed by atoms with Crippen LogP contribution >= 0.6 is 0 Å². The molecule has 2 aliphatic heterocycles. The molecule has 2 aliphatic rings. The third-order valence-corrected chi connectivity index (χ3v) is 9.62. The third-order valence-electron chi connectivity index (χ3n) is 6.34. The van der Waals surface area contributed by atoms with Crippen LogP contribution in [0.2, 0.25) is 0 Å².